The molecule has 2 N–H and O–H groups in total. The van der Waals surface area contributed by atoms with Crippen LogP contribution in [0.3, 0.4) is 0 Å². The Morgan fingerprint density at radius 2 is 2.23 bits per heavy atom. The summed E-state index contributed by atoms with van der Waals surface area (Å²) in [7, 11) is 1.61. The summed E-state index contributed by atoms with van der Waals surface area (Å²) in [5.74, 6) is -0.0972. The number of carbonyl (C=O) groups is 1. The minimum Gasteiger partial charge on any atom is -0.496 e. The summed E-state index contributed by atoms with van der Waals surface area (Å²) in [5.41, 5.74) is 1.58. The number of rotatable bonds is 4. The fourth-order valence-electron chi connectivity index (χ4n) is 2.54. The number of halogens is 1. The molecule has 22 heavy (non-hydrogen) atoms. The maximum Gasteiger partial charge on any atom is 0.320 e. The fourth-order valence-corrected chi connectivity index (χ4v) is 2.54. The summed E-state index contributed by atoms with van der Waals surface area (Å²) in [4.78, 5) is 11.0. The lowest BCUT2D eigenvalue weighted by atomic mass is 10.1. The zero-order chi connectivity index (χ0) is 14.8. The number of aliphatic carboxylic acids is 1. The molecule has 1 aromatic carbocycles. The molecule has 2 aromatic rings. The van der Waals surface area contributed by atoms with Gasteiger partial charge in [0.2, 0.25) is 0 Å². The van der Waals surface area contributed by atoms with Crippen LogP contribution in [0.15, 0.2) is 30.5 Å². The molecule has 0 saturated carbocycles. The number of hydrogen-bond donors (Lipinski definition) is 2. The lowest BCUT2D eigenvalue weighted by Crippen LogP contribution is -2.29. The lowest BCUT2D eigenvalue weighted by molar-refractivity contribution is -0.139. The summed E-state index contributed by atoms with van der Waals surface area (Å²) in [5, 5.41) is 20.3. The number of aromatic nitrogens is 3. The van der Waals surface area contributed by atoms with Crippen molar-refractivity contribution in [3.05, 3.63) is 30.5 Å². The van der Waals surface area contributed by atoms with E-state index in [0.29, 0.717) is 18.7 Å². The van der Waals surface area contributed by atoms with E-state index in [-0.39, 0.29) is 18.4 Å². The van der Waals surface area contributed by atoms with Crippen LogP contribution in [0.1, 0.15) is 12.5 Å². The third kappa shape index (κ3) is 3.05. The second-order valence-electron chi connectivity index (χ2n) is 4.97. The molecule has 1 aliphatic rings. The third-order valence-electron chi connectivity index (χ3n) is 3.67. The Balaban J connectivity index is 0.00000176. The van der Waals surface area contributed by atoms with Crippen LogP contribution in [-0.2, 0) is 4.79 Å². The number of carboxylic acids is 1. The molecule has 0 amide bonds. The molecule has 0 unspecified atom stereocenters. The molecule has 1 saturated heterocycles. The van der Waals surface area contributed by atoms with Gasteiger partial charge in [-0.1, -0.05) is 17.3 Å². The molecule has 0 bridgehead atoms. The van der Waals surface area contributed by atoms with Crippen LogP contribution in [-0.4, -0.2) is 45.8 Å². The minimum atomic E-state index is -0.831. The number of hydrogen-bond acceptors (Lipinski definition) is 5. The number of nitrogens with zero attached hydrogens (tertiary/aromatic N) is 3. The Kier molecular flexibility index (Phi) is 4.99. The van der Waals surface area contributed by atoms with Crippen molar-refractivity contribution in [2.24, 2.45) is 0 Å². The first-order chi connectivity index (χ1) is 10.2. The molecule has 0 spiro atoms. The van der Waals surface area contributed by atoms with E-state index < -0.39 is 12.0 Å². The monoisotopic (exact) mass is 324 g/mol. The highest BCUT2D eigenvalue weighted by Crippen LogP contribution is 2.29. The zero-order valence-corrected chi connectivity index (χ0v) is 12.8. The number of ether oxygens (including phenoxy) is 1. The van der Waals surface area contributed by atoms with Gasteiger partial charge >= 0.3 is 5.97 Å². The topological polar surface area (TPSA) is 89.3 Å². The van der Waals surface area contributed by atoms with Crippen molar-refractivity contribution < 1.29 is 14.6 Å². The zero-order valence-electron chi connectivity index (χ0n) is 12.0. The summed E-state index contributed by atoms with van der Waals surface area (Å²) < 4.78 is 7.04. The van der Waals surface area contributed by atoms with Crippen LogP contribution in [0.5, 0.6) is 5.75 Å². The van der Waals surface area contributed by atoms with Gasteiger partial charge in [-0.3, -0.25) is 4.79 Å². The highest BCUT2D eigenvalue weighted by molar-refractivity contribution is 5.85. The molecule has 3 rings (SSSR count). The smallest absolute Gasteiger partial charge is 0.320 e. The van der Waals surface area contributed by atoms with Crippen molar-refractivity contribution in [3.8, 4) is 17.0 Å². The highest BCUT2D eigenvalue weighted by Gasteiger charge is 2.31. The van der Waals surface area contributed by atoms with E-state index in [1.165, 1.54) is 0 Å². The highest BCUT2D eigenvalue weighted by atomic mass is 35.5. The largest absolute Gasteiger partial charge is 0.496 e. The van der Waals surface area contributed by atoms with Gasteiger partial charge in [-0.15, -0.1) is 17.5 Å². The van der Waals surface area contributed by atoms with Crippen LogP contribution in [0.2, 0.25) is 0 Å². The van der Waals surface area contributed by atoms with Crippen LogP contribution >= 0.6 is 12.4 Å². The Hall–Kier alpha value is -2.12. The number of nitrogens with one attached hydrogen (secondary N) is 1. The normalized spacial score (nSPS) is 20.4. The van der Waals surface area contributed by atoms with Gasteiger partial charge < -0.3 is 15.2 Å². The second kappa shape index (κ2) is 6.76. The van der Waals surface area contributed by atoms with Gasteiger partial charge in [0, 0.05) is 12.1 Å². The van der Waals surface area contributed by atoms with Crippen LogP contribution < -0.4 is 10.1 Å². The number of para-hydroxylation sites is 1. The Bertz CT molecular complexity index is 661. The number of benzene rings is 1. The SMILES string of the molecule is COc1ccccc1-c1cn([C@@H]2CN[C@H](C(=O)O)C2)nn1.Cl. The molecule has 2 atom stereocenters. The Morgan fingerprint density at radius 3 is 2.91 bits per heavy atom. The molecule has 1 aromatic heterocycles. The van der Waals surface area contributed by atoms with E-state index in [0.717, 1.165) is 11.3 Å². The van der Waals surface area contributed by atoms with E-state index in [4.69, 9.17) is 9.84 Å². The van der Waals surface area contributed by atoms with E-state index >= 15 is 0 Å². The van der Waals surface area contributed by atoms with Gasteiger partial charge in [0.1, 0.15) is 17.5 Å². The predicted octanol–water partition coefficient (Wildman–Crippen LogP) is 1.36. The lowest BCUT2D eigenvalue weighted by Gasteiger charge is -2.07. The van der Waals surface area contributed by atoms with E-state index in [1.807, 2.05) is 30.5 Å². The molecular weight excluding hydrogens is 308 g/mol. The molecule has 1 fully saturated rings. The molecule has 118 valence electrons. The molecule has 0 radical (unpaired) electrons. The second-order valence-corrected chi connectivity index (χ2v) is 4.97. The first-order valence-corrected chi connectivity index (χ1v) is 6.70. The van der Waals surface area contributed by atoms with Gasteiger partial charge in [-0.2, -0.15) is 0 Å². The third-order valence-corrected chi connectivity index (χ3v) is 3.67. The molecule has 0 aliphatic carbocycles. The molecule has 8 heteroatoms. The van der Waals surface area contributed by atoms with Gasteiger partial charge in [0.15, 0.2) is 0 Å². The van der Waals surface area contributed by atoms with Crippen molar-refractivity contribution in [1.29, 1.82) is 0 Å². The Morgan fingerprint density at radius 1 is 1.45 bits per heavy atom. The fraction of sp³-hybridized carbons (Fsp3) is 0.357. The first kappa shape index (κ1) is 16.3. The van der Waals surface area contributed by atoms with Crippen LogP contribution in [0.25, 0.3) is 11.3 Å². The van der Waals surface area contributed by atoms with Crippen molar-refractivity contribution in [3.63, 3.8) is 0 Å². The molecule has 2 heterocycles. The maximum absolute atomic E-state index is 11.0. The van der Waals surface area contributed by atoms with Crippen LogP contribution in [0.4, 0.5) is 0 Å². The van der Waals surface area contributed by atoms with Gasteiger partial charge in [-0.05, 0) is 18.6 Å². The molecule has 1 aliphatic heterocycles. The standard InChI is InChI=1S/C14H16N4O3.ClH/c1-21-13-5-3-2-4-10(13)12-8-18(17-16-12)9-6-11(14(19)20)15-7-9;/h2-5,8-9,11,15H,6-7H2,1H3,(H,19,20);1H/t9-,11-;/m0./s1. The van der Waals surface area contributed by atoms with Crippen molar-refractivity contribution in [1.82, 2.24) is 20.3 Å². The van der Waals surface area contributed by atoms with E-state index in [2.05, 4.69) is 15.6 Å². The van der Waals surface area contributed by atoms with Crippen molar-refractivity contribution in [2.45, 2.75) is 18.5 Å². The predicted molar refractivity (Wildman–Crippen MR) is 82.3 cm³/mol. The number of carboxylic acid groups (broad SMARTS) is 1. The Labute approximate surface area is 133 Å². The summed E-state index contributed by atoms with van der Waals surface area (Å²) >= 11 is 0. The summed E-state index contributed by atoms with van der Waals surface area (Å²) in [6.45, 7) is 0.575. The van der Waals surface area contributed by atoms with E-state index in [1.54, 1.807) is 11.8 Å². The van der Waals surface area contributed by atoms with E-state index in [9.17, 15) is 4.79 Å². The van der Waals surface area contributed by atoms with Crippen LogP contribution in [0, 0.1) is 0 Å². The van der Waals surface area contributed by atoms with Crippen molar-refractivity contribution in [2.75, 3.05) is 13.7 Å². The summed E-state index contributed by atoms with van der Waals surface area (Å²) in [6.07, 6.45) is 2.33. The maximum atomic E-state index is 11.0. The average molecular weight is 325 g/mol. The number of methoxy groups -OCH3 is 1. The average Bonchev–Trinajstić information content (AvgIpc) is 3.16. The molecule has 7 nitrogen and oxygen atoms in total. The van der Waals surface area contributed by atoms with Gasteiger partial charge in [-0.25, -0.2) is 4.68 Å². The quantitative estimate of drug-likeness (QED) is 0.882. The van der Waals surface area contributed by atoms with Crippen molar-refractivity contribution >= 4 is 18.4 Å². The summed E-state index contributed by atoms with van der Waals surface area (Å²) in [6, 6.07) is 7.07. The van der Waals surface area contributed by atoms with Gasteiger partial charge in [0.25, 0.3) is 0 Å². The molecular formula is C14H17ClN4O3. The first-order valence-electron chi connectivity index (χ1n) is 6.70. The minimum absolute atomic E-state index is 0. The van der Waals surface area contributed by atoms with Gasteiger partial charge in [0.05, 0.1) is 19.3 Å².